The first-order valence-electron chi connectivity index (χ1n) is 5.73. The molecule has 0 N–H and O–H groups in total. The number of hydrogen-bond donors (Lipinski definition) is 0. The monoisotopic (exact) mass is 257 g/mol. The zero-order valence-electron chi connectivity index (χ0n) is 10.5. The van der Waals surface area contributed by atoms with Gasteiger partial charge in [0.05, 0.1) is 18.0 Å². The second-order valence-corrected chi connectivity index (χ2v) is 4.23. The highest BCUT2D eigenvalue weighted by Crippen LogP contribution is 2.25. The average molecular weight is 257 g/mol. The summed E-state index contributed by atoms with van der Waals surface area (Å²) in [5.41, 5.74) is 1.03. The number of esters is 1. The van der Waals surface area contributed by atoms with Crippen LogP contribution in [-0.2, 0) is 11.8 Å². The number of nitrogens with zero attached hydrogens (tertiary/aromatic N) is 1. The molecule has 0 atom stereocenters. The fourth-order valence-corrected chi connectivity index (χ4v) is 2.30. The van der Waals surface area contributed by atoms with E-state index >= 15 is 0 Å². The second-order valence-electron chi connectivity index (χ2n) is 4.23. The van der Waals surface area contributed by atoms with E-state index in [0.29, 0.717) is 10.9 Å². The van der Waals surface area contributed by atoms with E-state index in [1.807, 2.05) is 35.9 Å². The van der Waals surface area contributed by atoms with E-state index < -0.39 is 11.6 Å². The van der Waals surface area contributed by atoms with Gasteiger partial charge in [-0.15, -0.1) is 0 Å². The Morgan fingerprint density at radius 3 is 2.74 bits per heavy atom. The van der Waals surface area contributed by atoms with Crippen molar-refractivity contribution in [3.63, 3.8) is 0 Å². The number of para-hydroxylation sites is 1. The Labute approximate surface area is 108 Å². The van der Waals surface area contributed by atoms with E-state index in [2.05, 4.69) is 4.74 Å². The summed E-state index contributed by atoms with van der Waals surface area (Å²) >= 11 is 0. The predicted octanol–water partition coefficient (Wildman–Crippen LogP) is 2.07. The van der Waals surface area contributed by atoms with Gasteiger partial charge in [0.1, 0.15) is 0 Å². The first kappa shape index (κ1) is 11.5. The molecule has 0 aliphatic heterocycles. The first-order valence-corrected chi connectivity index (χ1v) is 5.73. The Hall–Kier alpha value is -2.56. The molecule has 0 saturated heterocycles. The summed E-state index contributed by atoms with van der Waals surface area (Å²) in [6.45, 7) is 0. The number of methoxy groups -OCH3 is 1. The summed E-state index contributed by atoms with van der Waals surface area (Å²) in [5.74, 6) is -0.754. The number of ether oxygens (including phenoxy) is 1. The third-order valence-electron chi connectivity index (χ3n) is 3.21. The summed E-state index contributed by atoms with van der Waals surface area (Å²) in [4.78, 5) is 23.5. The number of carbonyl (C=O) groups excluding carboxylic acids is 1. The van der Waals surface area contributed by atoms with Crippen molar-refractivity contribution in [2.75, 3.05) is 7.11 Å². The number of rotatable bonds is 1. The third-order valence-corrected chi connectivity index (χ3v) is 3.21. The lowest BCUT2D eigenvalue weighted by Crippen LogP contribution is -2.08. The number of hydrogen-bond acceptors (Lipinski definition) is 4. The van der Waals surface area contributed by atoms with Crippen molar-refractivity contribution in [3.8, 4) is 0 Å². The molecule has 0 fully saturated rings. The summed E-state index contributed by atoms with van der Waals surface area (Å²) < 4.78 is 11.4. The van der Waals surface area contributed by atoms with E-state index in [-0.39, 0.29) is 5.76 Å². The molecule has 2 aromatic heterocycles. The van der Waals surface area contributed by atoms with Crippen LogP contribution in [0.4, 0.5) is 0 Å². The largest absolute Gasteiger partial charge is 0.463 e. The van der Waals surface area contributed by atoms with E-state index in [1.165, 1.54) is 13.2 Å². The van der Waals surface area contributed by atoms with Crippen LogP contribution in [0.15, 0.2) is 39.5 Å². The number of carbonyl (C=O) groups is 1. The van der Waals surface area contributed by atoms with Gasteiger partial charge in [-0.3, -0.25) is 0 Å². The van der Waals surface area contributed by atoms with Crippen LogP contribution in [0.2, 0.25) is 0 Å². The molecule has 3 rings (SSSR count). The van der Waals surface area contributed by atoms with Crippen LogP contribution >= 0.6 is 0 Å². The lowest BCUT2D eigenvalue weighted by molar-refractivity contribution is 0.0560. The van der Waals surface area contributed by atoms with Crippen LogP contribution in [0, 0.1) is 0 Å². The number of aryl methyl sites for hydroxylation is 1. The molecule has 0 radical (unpaired) electrons. The van der Waals surface area contributed by atoms with Gasteiger partial charge in [-0.25, -0.2) is 9.59 Å². The molecule has 1 aromatic carbocycles. The minimum absolute atomic E-state index is 0.0918. The van der Waals surface area contributed by atoms with E-state index in [9.17, 15) is 9.59 Å². The Kier molecular flexibility index (Phi) is 2.41. The standard InChI is InChI=1S/C14H11NO4/c1-15-9-6-4-3-5-8(9)12-10(15)7-11(13(16)18-2)19-14(12)17/h3-7H,1-2H3. The minimum atomic E-state index is -0.663. The fraction of sp³-hybridized carbons (Fsp3) is 0.143. The quantitative estimate of drug-likeness (QED) is 0.626. The number of aromatic nitrogens is 1. The first-order chi connectivity index (χ1) is 9.13. The highest BCUT2D eigenvalue weighted by molar-refractivity contribution is 6.08. The zero-order valence-corrected chi connectivity index (χ0v) is 10.5. The molecular weight excluding hydrogens is 246 g/mol. The summed E-state index contributed by atoms with van der Waals surface area (Å²) in [5, 5.41) is 1.29. The smallest absolute Gasteiger partial charge is 0.374 e. The van der Waals surface area contributed by atoms with Crippen LogP contribution in [0.5, 0.6) is 0 Å². The molecule has 19 heavy (non-hydrogen) atoms. The maximum absolute atomic E-state index is 12.1. The van der Waals surface area contributed by atoms with E-state index in [1.54, 1.807) is 0 Å². The lowest BCUT2D eigenvalue weighted by atomic mass is 10.2. The fourth-order valence-electron chi connectivity index (χ4n) is 2.30. The molecule has 0 aliphatic carbocycles. The van der Waals surface area contributed by atoms with Crippen LogP contribution in [0.3, 0.4) is 0 Å². The molecule has 5 nitrogen and oxygen atoms in total. The SMILES string of the molecule is COC(=O)c1cc2c(c(=O)o1)c1ccccc1n2C. The predicted molar refractivity (Wildman–Crippen MR) is 70.3 cm³/mol. The van der Waals surface area contributed by atoms with Crippen LogP contribution in [0.1, 0.15) is 10.6 Å². The Bertz CT molecular complexity index is 857. The van der Waals surface area contributed by atoms with Crippen LogP contribution in [0.25, 0.3) is 21.8 Å². The van der Waals surface area contributed by atoms with Gasteiger partial charge >= 0.3 is 11.6 Å². The molecule has 96 valence electrons. The summed E-state index contributed by atoms with van der Waals surface area (Å²) in [7, 11) is 3.08. The molecule has 2 heterocycles. The Morgan fingerprint density at radius 1 is 1.26 bits per heavy atom. The molecule has 0 saturated carbocycles. The van der Waals surface area contributed by atoms with E-state index in [4.69, 9.17) is 4.42 Å². The van der Waals surface area contributed by atoms with Gasteiger partial charge in [-0.1, -0.05) is 18.2 Å². The average Bonchev–Trinajstić information content (AvgIpc) is 2.72. The maximum atomic E-state index is 12.1. The van der Waals surface area contributed by atoms with Gasteiger partial charge in [0.15, 0.2) is 0 Å². The summed E-state index contributed by atoms with van der Waals surface area (Å²) in [6.07, 6.45) is 0. The molecule has 0 aliphatic rings. The molecule has 5 heteroatoms. The molecule has 0 unspecified atom stereocenters. The van der Waals surface area contributed by atoms with Crippen molar-refractivity contribution in [3.05, 3.63) is 46.5 Å². The van der Waals surface area contributed by atoms with Crippen molar-refractivity contribution >= 4 is 27.8 Å². The maximum Gasteiger partial charge on any atom is 0.374 e. The van der Waals surface area contributed by atoms with Crippen molar-refractivity contribution in [1.82, 2.24) is 4.57 Å². The molecular formula is C14H11NO4. The van der Waals surface area contributed by atoms with Gasteiger partial charge < -0.3 is 13.7 Å². The Balaban J connectivity index is 2.50. The van der Waals surface area contributed by atoms with Crippen LogP contribution in [-0.4, -0.2) is 17.6 Å². The second kappa shape index (κ2) is 3.98. The lowest BCUT2D eigenvalue weighted by Gasteiger charge is -1.99. The number of benzene rings is 1. The van der Waals surface area contributed by atoms with Crippen molar-refractivity contribution in [2.45, 2.75) is 0 Å². The van der Waals surface area contributed by atoms with Gasteiger partial charge in [0, 0.05) is 24.0 Å². The molecule has 0 spiro atoms. The molecule has 0 bridgehead atoms. The molecule has 3 aromatic rings. The van der Waals surface area contributed by atoms with Crippen molar-refractivity contribution < 1.29 is 13.9 Å². The number of fused-ring (bicyclic) bond motifs is 3. The highest BCUT2D eigenvalue weighted by atomic mass is 16.5. The Morgan fingerprint density at radius 2 is 2.00 bits per heavy atom. The topological polar surface area (TPSA) is 61.4 Å². The third kappa shape index (κ3) is 1.55. The summed E-state index contributed by atoms with van der Waals surface area (Å²) in [6, 6.07) is 9.04. The van der Waals surface area contributed by atoms with E-state index in [0.717, 1.165) is 10.9 Å². The van der Waals surface area contributed by atoms with Gasteiger partial charge in [-0.2, -0.15) is 0 Å². The zero-order chi connectivity index (χ0) is 13.6. The highest BCUT2D eigenvalue weighted by Gasteiger charge is 2.17. The van der Waals surface area contributed by atoms with Crippen LogP contribution < -0.4 is 5.63 Å². The van der Waals surface area contributed by atoms with Gasteiger partial charge in [0.2, 0.25) is 5.76 Å². The van der Waals surface area contributed by atoms with Crippen molar-refractivity contribution in [2.24, 2.45) is 7.05 Å². The normalized spacial score (nSPS) is 11.1. The van der Waals surface area contributed by atoms with Crippen molar-refractivity contribution in [1.29, 1.82) is 0 Å². The van der Waals surface area contributed by atoms with Gasteiger partial charge in [-0.05, 0) is 6.07 Å². The minimum Gasteiger partial charge on any atom is -0.463 e. The van der Waals surface area contributed by atoms with Gasteiger partial charge in [0.25, 0.3) is 0 Å². The molecule has 0 amide bonds.